The van der Waals surface area contributed by atoms with Gasteiger partial charge in [0.15, 0.2) is 0 Å². The van der Waals surface area contributed by atoms with Crippen molar-refractivity contribution < 1.29 is 4.55 Å². The van der Waals surface area contributed by atoms with Gasteiger partial charge in [-0.2, -0.15) is 0 Å². The molecule has 0 amide bonds. The zero-order valence-corrected chi connectivity index (χ0v) is 16.6. The fourth-order valence-electron chi connectivity index (χ4n) is 2.67. The van der Waals surface area contributed by atoms with Crippen LogP contribution in [0.2, 0.25) is 0 Å². The summed E-state index contributed by atoms with van der Waals surface area (Å²) in [6.45, 7) is 3.85. The lowest BCUT2D eigenvalue weighted by Crippen LogP contribution is -2.13. The number of thiazole rings is 1. The third-order valence-electron chi connectivity index (χ3n) is 3.90. The zero-order valence-electron chi connectivity index (χ0n) is 14.2. The molecule has 0 spiro atoms. The number of nitrogens with zero attached hydrogens (tertiary/aromatic N) is 3. The molecule has 0 saturated heterocycles. The van der Waals surface area contributed by atoms with E-state index in [1.54, 1.807) is 18.6 Å². The monoisotopic (exact) mass is 400 g/mol. The van der Waals surface area contributed by atoms with Gasteiger partial charge in [-0.15, -0.1) is 11.3 Å². The summed E-state index contributed by atoms with van der Waals surface area (Å²) in [5.74, 6) is 0. The van der Waals surface area contributed by atoms with Crippen molar-refractivity contribution in [1.82, 2.24) is 15.0 Å². The van der Waals surface area contributed by atoms with Crippen LogP contribution in [-0.2, 0) is 11.2 Å². The van der Waals surface area contributed by atoms with Gasteiger partial charge < -0.3 is 10.3 Å². The number of fused-ring (bicyclic) bond motifs is 1. The van der Waals surface area contributed by atoms with Crippen LogP contribution >= 0.6 is 22.7 Å². The Labute approximate surface area is 162 Å². The Balaban J connectivity index is 2.02. The average Bonchev–Trinajstić information content (AvgIpc) is 3.29. The van der Waals surface area contributed by atoms with Gasteiger partial charge in [-0.3, -0.25) is 4.98 Å². The molecule has 5 nitrogen and oxygen atoms in total. The molecular formula is C18H16N4OS3. The topological polar surface area (TPSA) is 87.8 Å². The van der Waals surface area contributed by atoms with Crippen LogP contribution in [0.3, 0.4) is 0 Å². The second-order valence-electron chi connectivity index (χ2n) is 5.96. The molecule has 0 aromatic carbocycles. The average molecular weight is 401 g/mol. The molecule has 26 heavy (non-hydrogen) atoms. The van der Waals surface area contributed by atoms with Crippen molar-refractivity contribution in [3.63, 3.8) is 0 Å². The number of nitrogen functional groups attached to an aromatic ring is 1. The van der Waals surface area contributed by atoms with Gasteiger partial charge in [0, 0.05) is 46.1 Å². The van der Waals surface area contributed by atoms with E-state index in [1.807, 2.05) is 37.4 Å². The third kappa shape index (κ3) is 2.99. The van der Waals surface area contributed by atoms with E-state index in [2.05, 4.69) is 9.97 Å². The van der Waals surface area contributed by atoms with E-state index in [0.717, 1.165) is 32.0 Å². The predicted molar refractivity (Wildman–Crippen MR) is 110 cm³/mol. The van der Waals surface area contributed by atoms with E-state index < -0.39 is 11.2 Å². The molecule has 4 aromatic rings. The number of aromatic nitrogens is 3. The summed E-state index contributed by atoms with van der Waals surface area (Å²) in [4.78, 5) is 14.1. The molecule has 0 bridgehead atoms. The fourth-order valence-corrected chi connectivity index (χ4v) is 6.01. The third-order valence-corrected chi connectivity index (χ3v) is 7.77. The summed E-state index contributed by atoms with van der Waals surface area (Å²) in [5, 5.41) is 3.60. The van der Waals surface area contributed by atoms with E-state index >= 15 is 0 Å². The molecule has 0 aliphatic rings. The Morgan fingerprint density at radius 3 is 2.77 bits per heavy atom. The molecule has 4 rings (SSSR count). The van der Waals surface area contributed by atoms with Crippen molar-refractivity contribution in [2.75, 3.05) is 5.73 Å². The van der Waals surface area contributed by atoms with Gasteiger partial charge in [-0.05, 0) is 31.5 Å². The second-order valence-corrected chi connectivity index (χ2v) is 10.1. The maximum Gasteiger partial charge on any atom is 0.232 e. The molecule has 8 heteroatoms. The van der Waals surface area contributed by atoms with Crippen molar-refractivity contribution >= 4 is 49.8 Å². The number of pyridine rings is 2. The minimum Gasteiger partial charge on any atom is -0.611 e. The van der Waals surface area contributed by atoms with Gasteiger partial charge in [0.05, 0.1) is 0 Å². The lowest BCUT2D eigenvalue weighted by atomic mass is 10.0. The van der Waals surface area contributed by atoms with E-state index in [-0.39, 0.29) is 5.25 Å². The first-order valence-corrected chi connectivity index (χ1v) is 10.9. The van der Waals surface area contributed by atoms with Crippen molar-refractivity contribution in [2.24, 2.45) is 0 Å². The van der Waals surface area contributed by atoms with Crippen molar-refractivity contribution in [3.8, 4) is 21.8 Å². The number of hydrogen-bond donors (Lipinski definition) is 1. The first kappa shape index (κ1) is 17.4. The SMILES string of the molecule is CC(C)[S+]([O-])c1sc2nc(-c3nccs3)cc(-c3cccnc3)c2c1N. The van der Waals surface area contributed by atoms with Gasteiger partial charge >= 0.3 is 0 Å². The highest BCUT2D eigenvalue weighted by molar-refractivity contribution is 7.94. The Hall–Kier alpha value is -2.00. The molecule has 1 atom stereocenters. The number of rotatable bonds is 4. The standard InChI is InChI=1S/C18H16N4OS3/c1-10(2)26(23)18-15(19)14-12(11-4-3-5-20-9-11)8-13(22-17(14)25-18)16-21-6-7-24-16/h3-10H,19H2,1-2H3. The lowest BCUT2D eigenvalue weighted by Gasteiger charge is -2.12. The van der Waals surface area contributed by atoms with Gasteiger partial charge in [-0.1, -0.05) is 17.4 Å². The van der Waals surface area contributed by atoms with E-state index in [1.165, 1.54) is 22.7 Å². The molecule has 0 fully saturated rings. The van der Waals surface area contributed by atoms with Crippen LogP contribution in [-0.4, -0.2) is 24.8 Å². The first-order valence-electron chi connectivity index (χ1n) is 8.00. The molecule has 132 valence electrons. The maximum absolute atomic E-state index is 12.7. The highest BCUT2D eigenvalue weighted by Gasteiger charge is 2.27. The highest BCUT2D eigenvalue weighted by Crippen LogP contribution is 2.43. The van der Waals surface area contributed by atoms with Crippen LogP contribution in [0.5, 0.6) is 0 Å². The Bertz CT molecular complexity index is 1050. The summed E-state index contributed by atoms with van der Waals surface area (Å²) in [6, 6.07) is 5.87. The Morgan fingerprint density at radius 1 is 1.27 bits per heavy atom. The van der Waals surface area contributed by atoms with Crippen molar-refractivity contribution in [2.45, 2.75) is 23.3 Å². The molecule has 0 aliphatic carbocycles. The number of thiophene rings is 1. The summed E-state index contributed by atoms with van der Waals surface area (Å²) in [7, 11) is 0. The Morgan fingerprint density at radius 2 is 2.12 bits per heavy atom. The summed E-state index contributed by atoms with van der Waals surface area (Å²) in [5.41, 5.74) is 9.65. The smallest absolute Gasteiger partial charge is 0.232 e. The molecule has 2 N–H and O–H groups in total. The van der Waals surface area contributed by atoms with Gasteiger partial charge in [0.1, 0.15) is 26.5 Å². The van der Waals surface area contributed by atoms with Crippen LogP contribution in [0.1, 0.15) is 13.8 Å². The van der Waals surface area contributed by atoms with E-state index in [0.29, 0.717) is 9.90 Å². The fraction of sp³-hybridized carbons (Fsp3) is 0.167. The van der Waals surface area contributed by atoms with Crippen molar-refractivity contribution in [3.05, 3.63) is 42.2 Å². The molecule has 0 radical (unpaired) electrons. The summed E-state index contributed by atoms with van der Waals surface area (Å²) in [6.07, 6.45) is 5.30. The molecule has 4 heterocycles. The van der Waals surface area contributed by atoms with Gasteiger partial charge in [-0.25, -0.2) is 9.97 Å². The molecular weight excluding hydrogens is 384 g/mol. The number of anilines is 1. The van der Waals surface area contributed by atoms with Gasteiger partial charge in [0.25, 0.3) is 0 Å². The molecule has 1 unspecified atom stereocenters. The second kappa shape index (κ2) is 6.96. The normalized spacial score (nSPS) is 12.8. The predicted octanol–water partition coefficient (Wildman–Crippen LogP) is 4.58. The largest absolute Gasteiger partial charge is 0.611 e. The van der Waals surface area contributed by atoms with E-state index in [9.17, 15) is 4.55 Å². The summed E-state index contributed by atoms with van der Waals surface area (Å²) < 4.78 is 13.4. The van der Waals surface area contributed by atoms with Crippen LogP contribution < -0.4 is 5.73 Å². The Kier molecular flexibility index (Phi) is 4.66. The first-order chi connectivity index (χ1) is 12.6. The van der Waals surface area contributed by atoms with Crippen LogP contribution in [0.15, 0.2) is 46.4 Å². The van der Waals surface area contributed by atoms with Gasteiger partial charge in [0.2, 0.25) is 4.21 Å². The maximum atomic E-state index is 12.7. The lowest BCUT2D eigenvalue weighted by molar-refractivity contribution is 0.589. The summed E-state index contributed by atoms with van der Waals surface area (Å²) >= 11 is 1.77. The minimum atomic E-state index is -1.16. The van der Waals surface area contributed by atoms with Crippen LogP contribution in [0.4, 0.5) is 5.69 Å². The number of hydrogen-bond acceptors (Lipinski definition) is 7. The molecule has 4 aromatic heterocycles. The van der Waals surface area contributed by atoms with Crippen LogP contribution in [0.25, 0.3) is 32.0 Å². The van der Waals surface area contributed by atoms with E-state index in [4.69, 9.17) is 10.7 Å². The quantitative estimate of drug-likeness (QED) is 0.507. The van der Waals surface area contributed by atoms with Crippen molar-refractivity contribution in [1.29, 1.82) is 0 Å². The zero-order chi connectivity index (χ0) is 18.3. The van der Waals surface area contributed by atoms with Crippen LogP contribution in [0, 0.1) is 0 Å². The molecule has 0 aliphatic heterocycles. The highest BCUT2D eigenvalue weighted by atomic mass is 32.2. The number of nitrogens with two attached hydrogens (primary N) is 1. The molecule has 0 saturated carbocycles. The minimum absolute atomic E-state index is 0.00867.